The van der Waals surface area contributed by atoms with E-state index in [2.05, 4.69) is 4.98 Å². The number of carbonyl (C=O) groups is 1. The Bertz CT molecular complexity index is 1140. The molecule has 0 atom stereocenters. The highest BCUT2D eigenvalue weighted by Crippen LogP contribution is 2.41. The normalized spacial score (nSPS) is 13.2. The molecule has 0 saturated carbocycles. The van der Waals surface area contributed by atoms with Crippen molar-refractivity contribution in [2.75, 3.05) is 20.3 Å². The molecule has 0 amide bonds. The molecule has 0 spiro atoms. The maximum atomic E-state index is 13.4. The van der Waals surface area contributed by atoms with E-state index in [9.17, 15) is 14.4 Å². The van der Waals surface area contributed by atoms with Gasteiger partial charge in [-0.05, 0) is 42.0 Å². The van der Waals surface area contributed by atoms with Crippen LogP contribution in [0, 0.1) is 17.1 Å². The summed E-state index contributed by atoms with van der Waals surface area (Å²) >= 11 is 0. The summed E-state index contributed by atoms with van der Waals surface area (Å²) in [5.74, 6) is 0.566. The van der Waals surface area contributed by atoms with E-state index < -0.39 is 11.6 Å². The Morgan fingerprint density at radius 2 is 2.11 bits per heavy atom. The summed E-state index contributed by atoms with van der Waals surface area (Å²) in [5.41, 5.74) is 1.29. The van der Waals surface area contributed by atoms with Crippen LogP contribution in [0.25, 0.3) is 17.0 Å². The maximum absolute atomic E-state index is 13.4. The molecule has 1 aromatic heterocycles. The standard InChI is InChI=1S/C21H15FN2O4/c1-26-18-7-12(8-19-21(18)28-5-4-27-19)6-13(10-23)20(25)16-11-24-17-9-14(22)2-3-15(16)17/h2-3,6-9,11,24H,4-5H2,1H3/b13-6-. The molecule has 2 aromatic carbocycles. The Kier molecular flexibility index (Phi) is 4.45. The molecule has 0 bridgehead atoms. The third kappa shape index (κ3) is 3.05. The lowest BCUT2D eigenvalue weighted by Gasteiger charge is -2.21. The van der Waals surface area contributed by atoms with Crippen LogP contribution in [0.4, 0.5) is 4.39 Å². The van der Waals surface area contributed by atoms with E-state index in [1.165, 1.54) is 37.6 Å². The fourth-order valence-corrected chi connectivity index (χ4v) is 3.12. The number of aromatic amines is 1. The van der Waals surface area contributed by atoms with Gasteiger partial charge in [-0.2, -0.15) is 5.26 Å². The number of fused-ring (bicyclic) bond motifs is 2. The van der Waals surface area contributed by atoms with Crippen LogP contribution in [0.3, 0.4) is 0 Å². The number of nitrogens with one attached hydrogen (secondary N) is 1. The molecule has 6 nitrogen and oxygen atoms in total. The molecule has 4 rings (SSSR count). The Balaban J connectivity index is 1.75. The molecule has 28 heavy (non-hydrogen) atoms. The number of halogens is 1. The molecule has 1 aliphatic rings. The van der Waals surface area contributed by atoms with Crippen LogP contribution in [0.2, 0.25) is 0 Å². The van der Waals surface area contributed by atoms with Gasteiger partial charge in [0.2, 0.25) is 11.5 Å². The predicted octanol–water partition coefficient (Wildman–Crippen LogP) is 3.88. The number of rotatable bonds is 4. The molecule has 0 radical (unpaired) electrons. The van der Waals surface area contributed by atoms with E-state index in [1.807, 2.05) is 6.07 Å². The van der Waals surface area contributed by atoms with Gasteiger partial charge < -0.3 is 19.2 Å². The number of methoxy groups -OCH3 is 1. The highest BCUT2D eigenvalue weighted by molar-refractivity contribution is 6.19. The number of aromatic nitrogens is 1. The average Bonchev–Trinajstić information content (AvgIpc) is 3.13. The smallest absolute Gasteiger partial charge is 0.205 e. The van der Waals surface area contributed by atoms with Gasteiger partial charge in [0.05, 0.1) is 7.11 Å². The zero-order valence-corrected chi connectivity index (χ0v) is 14.9. The maximum Gasteiger partial charge on any atom is 0.205 e. The van der Waals surface area contributed by atoms with E-state index in [1.54, 1.807) is 12.1 Å². The molecule has 2 heterocycles. The van der Waals surface area contributed by atoms with Gasteiger partial charge in [0, 0.05) is 22.7 Å². The summed E-state index contributed by atoms with van der Waals surface area (Å²) in [5, 5.41) is 10.1. The van der Waals surface area contributed by atoms with Gasteiger partial charge in [0.1, 0.15) is 30.7 Å². The average molecular weight is 378 g/mol. The fourth-order valence-electron chi connectivity index (χ4n) is 3.12. The number of ether oxygens (including phenoxy) is 3. The summed E-state index contributed by atoms with van der Waals surface area (Å²) < 4.78 is 29.8. The summed E-state index contributed by atoms with van der Waals surface area (Å²) in [4.78, 5) is 15.7. The Morgan fingerprint density at radius 3 is 2.89 bits per heavy atom. The minimum absolute atomic E-state index is 0.0658. The first-order valence-electron chi connectivity index (χ1n) is 8.51. The molecule has 1 N–H and O–H groups in total. The Labute approximate surface area is 159 Å². The zero-order chi connectivity index (χ0) is 19.7. The molecule has 0 unspecified atom stereocenters. The van der Waals surface area contributed by atoms with Gasteiger partial charge in [-0.1, -0.05) is 0 Å². The molecule has 7 heteroatoms. The SMILES string of the molecule is COc1cc(/C=C(/C#N)C(=O)c2c[nH]c3cc(F)ccc23)cc2c1OCCO2. The minimum Gasteiger partial charge on any atom is -0.493 e. The molecule has 3 aromatic rings. The van der Waals surface area contributed by atoms with Crippen molar-refractivity contribution in [2.24, 2.45) is 0 Å². The summed E-state index contributed by atoms with van der Waals surface area (Å²) in [7, 11) is 1.50. The van der Waals surface area contributed by atoms with Gasteiger partial charge >= 0.3 is 0 Å². The van der Waals surface area contributed by atoms with Gasteiger partial charge in [-0.15, -0.1) is 0 Å². The first-order valence-corrected chi connectivity index (χ1v) is 8.51. The van der Waals surface area contributed by atoms with Crippen molar-refractivity contribution in [2.45, 2.75) is 0 Å². The van der Waals surface area contributed by atoms with E-state index in [-0.39, 0.29) is 5.57 Å². The fraction of sp³-hybridized carbons (Fsp3) is 0.143. The number of nitrogens with zero attached hydrogens (tertiary/aromatic N) is 1. The second-order valence-corrected chi connectivity index (χ2v) is 6.14. The number of hydrogen-bond donors (Lipinski definition) is 1. The highest BCUT2D eigenvalue weighted by Gasteiger charge is 2.20. The van der Waals surface area contributed by atoms with Gasteiger partial charge in [-0.25, -0.2) is 4.39 Å². The van der Waals surface area contributed by atoms with Crippen molar-refractivity contribution in [1.29, 1.82) is 5.26 Å². The van der Waals surface area contributed by atoms with Crippen molar-refractivity contribution in [3.63, 3.8) is 0 Å². The third-order valence-electron chi connectivity index (χ3n) is 4.41. The van der Waals surface area contributed by atoms with E-state index >= 15 is 0 Å². The van der Waals surface area contributed by atoms with Crippen molar-refractivity contribution >= 4 is 22.8 Å². The first-order chi connectivity index (χ1) is 13.6. The van der Waals surface area contributed by atoms with E-state index in [0.29, 0.717) is 52.5 Å². The van der Waals surface area contributed by atoms with Crippen molar-refractivity contribution in [3.8, 4) is 23.3 Å². The van der Waals surface area contributed by atoms with E-state index in [4.69, 9.17) is 14.2 Å². The van der Waals surface area contributed by atoms with Crippen LogP contribution >= 0.6 is 0 Å². The first kappa shape index (κ1) is 17.6. The molecular formula is C21H15FN2O4. The quantitative estimate of drug-likeness (QED) is 0.423. The lowest BCUT2D eigenvalue weighted by molar-refractivity contribution is 0.104. The van der Waals surface area contributed by atoms with Gasteiger partial charge in [-0.3, -0.25) is 4.79 Å². The number of carbonyl (C=O) groups excluding carboxylic acids is 1. The van der Waals surface area contributed by atoms with Crippen molar-refractivity contribution in [3.05, 3.63) is 59.0 Å². The number of ketones is 1. The molecule has 1 aliphatic heterocycles. The van der Waals surface area contributed by atoms with E-state index in [0.717, 1.165) is 0 Å². The number of H-pyrrole nitrogens is 1. The van der Waals surface area contributed by atoms with Crippen LogP contribution < -0.4 is 14.2 Å². The van der Waals surface area contributed by atoms with Crippen molar-refractivity contribution < 1.29 is 23.4 Å². The number of benzene rings is 2. The highest BCUT2D eigenvalue weighted by atomic mass is 19.1. The topological polar surface area (TPSA) is 84.3 Å². The molecule has 140 valence electrons. The number of allylic oxidation sites excluding steroid dienone is 1. The summed E-state index contributed by atoms with van der Waals surface area (Å²) in [6, 6.07) is 9.38. The molecule has 0 aliphatic carbocycles. The van der Waals surface area contributed by atoms with Crippen LogP contribution in [0.1, 0.15) is 15.9 Å². The van der Waals surface area contributed by atoms with Crippen LogP contribution in [0.5, 0.6) is 17.2 Å². The van der Waals surface area contributed by atoms with Crippen LogP contribution in [0.15, 0.2) is 42.1 Å². The van der Waals surface area contributed by atoms with Crippen LogP contribution in [-0.4, -0.2) is 31.1 Å². The van der Waals surface area contributed by atoms with Gasteiger partial charge in [0.25, 0.3) is 0 Å². The molecular weight excluding hydrogens is 363 g/mol. The van der Waals surface area contributed by atoms with Gasteiger partial charge in [0.15, 0.2) is 11.5 Å². The second kappa shape index (κ2) is 7.08. The predicted molar refractivity (Wildman–Crippen MR) is 100 cm³/mol. The van der Waals surface area contributed by atoms with Crippen molar-refractivity contribution in [1.82, 2.24) is 4.98 Å². The molecule has 0 saturated heterocycles. The second-order valence-electron chi connectivity index (χ2n) is 6.14. The largest absolute Gasteiger partial charge is 0.493 e. The Hall–Kier alpha value is -3.79. The number of hydrogen-bond acceptors (Lipinski definition) is 5. The number of Topliss-reactive ketones (excluding diaryl/α,β-unsaturated/α-hetero) is 1. The number of nitriles is 1. The lowest BCUT2D eigenvalue weighted by atomic mass is 10.0. The lowest BCUT2D eigenvalue weighted by Crippen LogP contribution is -2.16. The minimum atomic E-state index is -0.464. The summed E-state index contributed by atoms with van der Waals surface area (Å²) in [6.45, 7) is 0.820. The monoisotopic (exact) mass is 378 g/mol. The summed E-state index contributed by atoms with van der Waals surface area (Å²) in [6.07, 6.45) is 2.94. The Morgan fingerprint density at radius 1 is 1.29 bits per heavy atom. The van der Waals surface area contributed by atoms with Crippen LogP contribution in [-0.2, 0) is 0 Å². The molecule has 0 fully saturated rings. The third-order valence-corrected chi connectivity index (χ3v) is 4.41. The zero-order valence-electron chi connectivity index (χ0n) is 14.9.